The number of carbonyl (C=O) groups excluding carboxylic acids is 2. The molecule has 3 heterocycles. The zero-order valence-electron chi connectivity index (χ0n) is 39.9. The number of allylic oxidation sites excluding steroid dienone is 3. The number of nitrogens with one attached hydrogen (secondary N) is 1. The van der Waals surface area contributed by atoms with Crippen LogP contribution in [0.15, 0.2) is 106 Å². The summed E-state index contributed by atoms with van der Waals surface area (Å²) in [6.45, 7) is 9.86. The van der Waals surface area contributed by atoms with Crippen LogP contribution >= 0.6 is 23.5 Å². The number of benzene rings is 4. The lowest BCUT2D eigenvalue weighted by molar-refractivity contribution is -0.141. The number of hydrogen-bond donors (Lipinski definition) is 3. The highest BCUT2D eigenvalue weighted by Gasteiger charge is 2.64. The van der Waals surface area contributed by atoms with Crippen LogP contribution in [0.3, 0.4) is 0 Å². The highest BCUT2D eigenvalue weighted by Crippen LogP contribution is 2.64. The molecule has 1 aromatic heterocycles. The van der Waals surface area contributed by atoms with Gasteiger partial charge in [0.05, 0.1) is 22.3 Å². The minimum absolute atomic E-state index is 0.0536. The van der Waals surface area contributed by atoms with Gasteiger partial charge in [-0.2, -0.15) is 4.98 Å². The first-order chi connectivity index (χ1) is 33.8. The zero-order valence-corrected chi connectivity index (χ0v) is 41.5. The van der Waals surface area contributed by atoms with Gasteiger partial charge in [0.25, 0.3) is 6.01 Å². The molecule has 15 heteroatoms. The number of halogens is 1. The number of oxazole rings is 1. The summed E-state index contributed by atoms with van der Waals surface area (Å²) in [6.07, 6.45) is 13.1. The van der Waals surface area contributed by atoms with Crippen molar-refractivity contribution in [1.82, 2.24) is 9.29 Å². The molecule has 1 atom stereocenters. The number of aromatic nitrogens is 1. The number of piperidine rings is 2. The lowest BCUT2D eigenvalue weighted by Crippen LogP contribution is -2.52. The van der Waals surface area contributed by atoms with E-state index in [1.165, 1.54) is 18.1 Å². The summed E-state index contributed by atoms with van der Waals surface area (Å²) in [5.41, 5.74) is 8.33. The van der Waals surface area contributed by atoms with E-state index in [1.54, 1.807) is 17.9 Å². The van der Waals surface area contributed by atoms with E-state index in [0.29, 0.717) is 30.3 Å². The van der Waals surface area contributed by atoms with Crippen molar-refractivity contribution in [2.24, 2.45) is 0 Å². The van der Waals surface area contributed by atoms with E-state index in [4.69, 9.17) is 25.7 Å². The van der Waals surface area contributed by atoms with Gasteiger partial charge in [0, 0.05) is 47.0 Å². The van der Waals surface area contributed by atoms with Crippen molar-refractivity contribution in [3.8, 4) is 0 Å². The molecule has 4 aliphatic rings. The van der Waals surface area contributed by atoms with Gasteiger partial charge in [-0.05, 0) is 154 Å². The maximum Gasteiger partial charge on any atom is 0.341 e. The quantitative estimate of drug-likeness (QED) is 0.0169. The van der Waals surface area contributed by atoms with E-state index in [-0.39, 0.29) is 33.5 Å². The second-order valence-corrected chi connectivity index (χ2v) is 20.8. The largest absolute Gasteiger partial charge is 0.480 e. The van der Waals surface area contributed by atoms with Crippen LogP contribution in [0.4, 0.5) is 17.4 Å². The molecule has 70 heavy (non-hydrogen) atoms. The topological polar surface area (TPSA) is 166 Å². The van der Waals surface area contributed by atoms with Gasteiger partial charge < -0.3 is 39.3 Å². The molecule has 0 bridgehead atoms. The first-order valence-electron chi connectivity index (χ1n) is 24.2. The Morgan fingerprint density at radius 2 is 1.74 bits per heavy atom. The molecule has 0 radical (unpaired) electrons. The lowest BCUT2D eigenvalue weighted by atomic mass is 9.85. The number of aldehydes is 1. The number of anilines is 3. The molecule has 13 nitrogen and oxygen atoms in total. The van der Waals surface area contributed by atoms with Crippen molar-refractivity contribution in [3.05, 3.63) is 124 Å². The zero-order chi connectivity index (χ0) is 49.3. The third-order valence-electron chi connectivity index (χ3n) is 14.8. The average Bonchev–Trinajstić information content (AvgIpc) is 4.27. The first-order valence-corrected chi connectivity index (χ1v) is 25.5. The van der Waals surface area contributed by atoms with Gasteiger partial charge in [-0.15, -0.1) is 6.58 Å². The Hall–Kier alpha value is -6.09. The lowest BCUT2D eigenvalue weighted by Gasteiger charge is -2.46. The Bertz CT molecular complexity index is 2890. The van der Waals surface area contributed by atoms with Crippen LogP contribution < -0.4 is 15.1 Å². The Balaban J connectivity index is 0.835. The number of nitrogens with zero attached hydrogens (tertiary/aromatic N) is 4. The van der Waals surface area contributed by atoms with Gasteiger partial charge in [0.1, 0.15) is 17.6 Å². The number of carboxylic acids is 2. The standard InChI is InChI=1S/C55H60ClN5O8S/c1-5-6-12-42(30-62)60(33-63)46-16-15-43(44-13-7-9-34(2)49(44)46)38-18-24-59(25-19-38)53-58-45-26-37(14-17-47(45)69-53)32-70-61-54(20-21-54)28-41(29-55(61)22-23-55)57-40-11-8-10-39(27-40)35(3)50(56)51(36(4)52(66)67)68-31-48(64)65/h5,7-11,13-17,26-27,30,33,38,41-42,57H,1,6,12,18-25,28-29,31-32H2,2-4H3,(H,64,65)(H,66,67)/b50-35-,51-36-. The van der Waals surface area contributed by atoms with Gasteiger partial charge in [0.2, 0.25) is 6.41 Å². The number of rotatable bonds is 20. The van der Waals surface area contributed by atoms with E-state index in [2.05, 4.69) is 70.5 Å². The molecule has 366 valence electrons. The van der Waals surface area contributed by atoms with E-state index < -0.39 is 24.6 Å². The van der Waals surface area contributed by atoms with E-state index >= 15 is 0 Å². The molecule has 4 aromatic carbocycles. The summed E-state index contributed by atoms with van der Waals surface area (Å²) < 4.78 is 14.5. The van der Waals surface area contributed by atoms with Crippen LogP contribution in [0.5, 0.6) is 0 Å². The number of hydrogen-bond acceptors (Lipinski definition) is 11. The van der Waals surface area contributed by atoms with E-state index in [1.807, 2.05) is 42.3 Å². The Morgan fingerprint density at radius 1 is 1.01 bits per heavy atom. The SMILES string of the molecule is C=CCCC(C=O)N(C=O)c1ccc(C2CCN(c3nc4cc(CSN5C6(CC6)CC(Nc6cccc(/C(C)=C(Cl)/C(OCC(=O)O)=C(\C)C(=O)O)c6)CC56CC6)ccc4o3)CC2)c2cccc(C)c12. The molecule has 2 aliphatic heterocycles. The van der Waals surface area contributed by atoms with Gasteiger partial charge in [-0.1, -0.05) is 72.1 Å². The second kappa shape index (κ2) is 20.3. The smallest absolute Gasteiger partial charge is 0.341 e. The van der Waals surface area contributed by atoms with Crippen molar-refractivity contribution in [2.45, 2.75) is 120 Å². The Morgan fingerprint density at radius 3 is 2.40 bits per heavy atom. The molecule has 9 rings (SSSR count). The molecule has 1 amide bonds. The van der Waals surface area contributed by atoms with E-state index in [9.17, 15) is 29.4 Å². The predicted octanol–water partition coefficient (Wildman–Crippen LogP) is 11.4. The average molecular weight is 987 g/mol. The van der Waals surface area contributed by atoms with E-state index in [0.717, 1.165) is 127 Å². The molecule has 4 fully saturated rings. The van der Waals surface area contributed by atoms with Gasteiger partial charge >= 0.3 is 11.9 Å². The Kier molecular flexibility index (Phi) is 14.2. The van der Waals surface area contributed by atoms with Crippen LogP contribution in [0.1, 0.15) is 106 Å². The number of aliphatic carboxylic acids is 2. The molecule has 2 aliphatic carbocycles. The van der Waals surface area contributed by atoms with Crippen molar-refractivity contribution >= 4 is 93.0 Å². The maximum atomic E-state index is 12.5. The summed E-state index contributed by atoms with van der Waals surface area (Å²) in [5.74, 6) is -1.49. The number of fused-ring (bicyclic) bond motifs is 2. The number of carbonyl (C=O) groups is 4. The fraction of sp³-hybridized carbons (Fsp3) is 0.400. The fourth-order valence-electron chi connectivity index (χ4n) is 10.8. The summed E-state index contributed by atoms with van der Waals surface area (Å²) >= 11 is 8.65. The van der Waals surface area contributed by atoms with Crippen molar-refractivity contribution in [2.75, 3.05) is 34.8 Å². The molecule has 5 aromatic rings. The molecule has 2 saturated carbocycles. The first kappa shape index (κ1) is 48.9. The molecule has 3 N–H and O–H groups in total. The third-order valence-corrected chi connectivity index (χ3v) is 16.8. The highest BCUT2D eigenvalue weighted by molar-refractivity contribution is 7.96. The molecule has 2 spiro atoms. The predicted molar refractivity (Wildman–Crippen MR) is 277 cm³/mol. The molecular weight excluding hydrogens is 926 g/mol. The summed E-state index contributed by atoms with van der Waals surface area (Å²) in [6, 6.07) is 25.1. The molecule has 2 saturated heterocycles. The van der Waals surface area contributed by atoms with Gasteiger partial charge in [0.15, 0.2) is 12.2 Å². The third kappa shape index (κ3) is 9.95. The number of ether oxygens (including phenoxy) is 1. The number of amides is 1. The monoisotopic (exact) mass is 985 g/mol. The maximum absolute atomic E-state index is 12.5. The van der Waals surface area contributed by atoms with Crippen molar-refractivity contribution < 1.29 is 38.5 Å². The number of carboxylic acid groups (broad SMARTS) is 2. The molecular formula is C55H60ClN5O8S. The second-order valence-electron chi connectivity index (χ2n) is 19.5. The van der Waals surface area contributed by atoms with Crippen LogP contribution in [0.2, 0.25) is 0 Å². The summed E-state index contributed by atoms with van der Waals surface area (Å²) in [5, 5.41) is 24.8. The fourth-order valence-corrected chi connectivity index (χ4v) is 12.6. The van der Waals surface area contributed by atoms with Crippen LogP contribution in [-0.4, -0.2) is 87.0 Å². The van der Waals surface area contributed by atoms with Gasteiger partial charge in [-0.3, -0.25) is 4.79 Å². The van der Waals surface area contributed by atoms with Crippen molar-refractivity contribution in [3.63, 3.8) is 0 Å². The normalized spacial score (nSPS) is 19.6. The van der Waals surface area contributed by atoms with Crippen LogP contribution in [0.25, 0.3) is 27.4 Å². The summed E-state index contributed by atoms with van der Waals surface area (Å²) in [7, 11) is 0. The Labute approximate surface area is 417 Å². The van der Waals surface area contributed by atoms with Crippen LogP contribution in [-0.2, 0) is 29.7 Å². The molecule has 1 unspecified atom stereocenters. The number of aryl methyl sites for hydroxylation is 1. The summed E-state index contributed by atoms with van der Waals surface area (Å²) in [4.78, 5) is 56.5. The minimum Gasteiger partial charge on any atom is -0.480 e. The van der Waals surface area contributed by atoms with Gasteiger partial charge in [-0.25, -0.2) is 13.9 Å². The minimum atomic E-state index is -1.24. The highest BCUT2D eigenvalue weighted by atomic mass is 35.5. The van der Waals surface area contributed by atoms with Crippen LogP contribution in [0, 0.1) is 6.92 Å². The van der Waals surface area contributed by atoms with Crippen molar-refractivity contribution in [1.29, 1.82) is 0 Å².